The summed E-state index contributed by atoms with van der Waals surface area (Å²) >= 11 is 0. The molecule has 3 aromatic carbocycles. The minimum absolute atomic E-state index is 0.0311. The largest absolute Gasteiger partial charge is 0.481 e. The molecule has 7 nitrogen and oxygen atoms in total. The van der Waals surface area contributed by atoms with Crippen molar-refractivity contribution in [2.75, 3.05) is 18.5 Å². The Morgan fingerprint density at radius 2 is 1.63 bits per heavy atom. The topological polar surface area (TPSA) is 95.9 Å². The Bertz CT molecular complexity index is 1310. The molecule has 7 rings (SSSR count). The smallest absolute Gasteiger partial charge is 0.411 e. The van der Waals surface area contributed by atoms with E-state index in [1.54, 1.807) is 29.2 Å². The number of nitrogens with zero attached hydrogens (tertiary/aromatic N) is 1. The highest BCUT2D eigenvalue weighted by Crippen LogP contribution is 2.47. The molecular weight excluding hydrogens is 444 g/mol. The summed E-state index contributed by atoms with van der Waals surface area (Å²) in [7, 11) is 0. The molecule has 2 bridgehead atoms. The average Bonchev–Trinajstić information content (AvgIpc) is 3.53. The number of carbonyl (C=O) groups is 3. The van der Waals surface area contributed by atoms with E-state index in [0.29, 0.717) is 17.8 Å². The quantitative estimate of drug-likeness (QED) is 0.571. The van der Waals surface area contributed by atoms with E-state index in [2.05, 4.69) is 29.6 Å². The molecule has 0 aromatic heterocycles. The van der Waals surface area contributed by atoms with Crippen LogP contribution in [0.15, 0.2) is 72.8 Å². The van der Waals surface area contributed by atoms with Crippen molar-refractivity contribution >= 4 is 23.7 Å². The number of carbonyl (C=O) groups excluding carboxylic acids is 2. The second-order valence-corrected chi connectivity index (χ2v) is 9.42. The van der Waals surface area contributed by atoms with Crippen molar-refractivity contribution in [3.63, 3.8) is 0 Å². The van der Waals surface area contributed by atoms with Crippen molar-refractivity contribution in [1.82, 2.24) is 4.90 Å². The van der Waals surface area contributed by atoms with Gasteiger partial charge in [0.25, 0.3) is 5.91 Å². The van der Waals surface area contributed by atoms with Crippen LogP contribution in [0.25, 0.3) is 11.1 Å². The van der Waals surface area contributed by atoms with E-state index in [-0.39, 0.29) is 30.4 Å². The number of rotatable bonds is 5. The number of nitrogens with one attached hydrogen (secondary N) is 1. The number of hydrogen-bond donors (Lipinski definition) is 2. The van der Waals surface area contributed by atoms with Crippen LogP contribution in [0.4, 0.5) is 10.5 Å². The molecule has 0 radical (unpaired) electrons. The molecule has 2 saturated heterocycles. The standard InChI is InChI=1S/C28H24N2O5/c31-26(30-14-17-13-24(30)25(17)27(32)33)16-6-5-7-18(12-16)29-28(34)35-15-23-21-10-3-1-8-19(21)20-9-2-4-11-22(20)23/h1-12,17,23-25H,13-15H2,(H,29,34)(H,32,33). The van der Waals surface area contributed by atoms with Crippen LogP contribution in [0, 0.1) is 11.8 Å². The zero-order chi connectivity index (χ0) is 24.1. The highest BCUT2D eigenvalue weighted by molar-refractivity contribution is 5.97. The van der Waals surface area contributed by atoms with Crippen LogP contribution in [0.1, 0.15) is 33.8 Å². The van der Waals surface area contributed by atoms with Crippen LogP contribution in [-0.2, 0) is 9.53 Å². The normalized spacial score (nSPS) is 21.6. The van der Waals surface area contributed by atoms with Gasteiger partial charge in [-0.2, -0.15) is 0 Å². The lowest BCUT2D eigenvalue weighted by atomic mass is 9.74. The van der Waals surface area contributed by atoms with Crippen LogP contribution < -0.4 is 5.32 Å². The molecule has 3 aromatic rings. The monoisotopic (exact) mass is 468 g/mol. The van der Waals surface area contributed by atoms with Crippen molar-refractivity contribution in [3.8, 4) is 11.1 Å². The van der Waals surface area contributed by atoms with E-state index in [0.717, 1.165) is 28.7 Å². The molecule has 1 saturated carbocycles. The first kappa shape index (κ1) is 21.4. The first-order valence-electron chi connectivity index (χ1n) is 11.8. The predicted octanol–water partition coefficient (Wildman–Crippen LogP) is 4.59. The predicted molar refractivity (Wildman–Crippen MR) is 129 cm³/mol. The summed E-state index contributed by atoms with van der Waals surface area (Å²) in [6.07, 6.45) is 0.145. The van der Waals surface area contributed by atoms with Crippen LogP contribution >= 0.6 is 0 Å². The summed E-state index contributed by atoms with van der Waals surface area (Å²) < 4.78 is 5.60. The Hall–Kier alpha value is -4.13. The SMILES string of the molecule is O=C(Nc1cccc(C(=O)N2CC3CC2C3C(=O)O)c1)OCC1c2ccccc2-c2ccccc21. The maximum absolute atomic E-state index is 13.0. The van der Waals surface area contributed by atoms with Crippen LogP contribution in [0.3, 0.4) is 0 Å². The zero-order valence-electron chi connectivity index (χ0n) is 18.9. The van der Waals surface area contributed by atoms with Gasteiger partial charge in [-0.1, -0.05) is 54.6 Å². The molecular formula is C28H24N2O5. The van der Waals surface area contributed by atoms with Crippen LogP contribution in [0.5, 0.6) is 0 Å². The van der Waals surface area contributed by atoms with Crippen molar-refractivity contribution in [2.45, 2.75) is 18.4 Å². The van der Waals surface area contributed by atoms with Gasteiger partial charge in [0.05, 0.1) is 5.92 Å². The van der Waals surface area contributed by atoms with E-state index in [1.807, 2.05) is 24.3 Å². The summed E-state index contributed by atoms with van der Waals surface area (Å²) in [4.78, 5) is 38.7. The molecule has 2 N–H and O–H groups in total. The van der Waals surface area contributed by atoms with E-state index < -0.39 is 18.0 Å². The molecule has 2 aliphatic heterocycles. The fraction of sp³-hybridized carbons (Fsp3) is 0.250. The van der Waals surface area contributed by atoms with E-state index in [1.165, 1.54) is 0 Å². The van der Waals surface area contributed by atoms with Gasteiger partial charge < -0.3 is 14.7 Å². The molecule has 35 heavy (non-hydrogen) atoms. The first-order chi connectivity index (χ1) is 17.0. The fourth-order valence-corrected chi connectivity index (χ4v) is 5.87. The van der Waals surface area contributed by atoms with Crippen molar-refractivity contribution < 1.29 is 24.2 Å². The molecule has 3 fully saturated rings. The highest BCUT2D eigenvalue weighted by atomic mass is 16.5. The van der Waals surface area contributed by atoms with E-state index >= 15 is 0 Å². The number of carboxylic acids is 1. The van der Waals surface area contributed by atoms with Crippen molar-refractivity contribution in [1.29, 1.82) is 0 Å². The van der Waals surface area contributed by atoms with E-state index in [4.69, 9.17) is 4.74 Å². The number of carboxylic acid groups (broad SMARTS) is 1. The fourth-order valence-electron chi connectivity index (χ4n) is 5.87. The second-order valence-electron chi connectivity index (χ2n) is 9.42. The maximum Gasteiger partial charge on any atom is 0.411 e. The number of hydrogen-bond acceptors (Lipinski definition) is 4. The maximum atomic E-state index is 13.0. The number of anilines is 1. The number of benzene rings is 3. The summed E-state index contributed by atoms with van der Waals surface area (Å²) in [5.74, 6) is -1.53. The van der Waals surface area contributed by atoms with Crippen LogP contribution in [0.2, 0.25) is 0 Å². The third-order valence-corrected chi connectivity index (χ3v) is 7.54. The number of aliphatic carboxylic acids is 1. The first-order valence-corrected chi connectivity index (χ1v) is 11.8. The van der Waals surface area contributed by atoms with Gasteiger partial charge in [0.1, 0.15) is 6.61 Å². The molecule has 2 aliphatic carbocycles. The molecule has 176 valence electrons. The van der Waals surface area contributed by atoms with Gasteiger partial charge in [0.2, 0.25) is 0 Å². The van der Waals surface area contributed by atoms with Crippen molar-refractivity contribution in [2.24, 2.45) is 11.8 Å². The Morgan fingerprint density at radius 3 is 2.29 bits per heavy atom. The minimum atomic E-state index is -0.841. The second kappa shape index (κ2) is 8.27. The molecule has 0 spiro atoms. The lowest BCUT2D eigenvalue weighted by Gasteiger charge is -2.33. The average molecular weight is 469 g/mol. The Balaban J connectivity index is 1.12. The Morgan fingerprint density at radius 1 is 0.943 bits per heavy atom. The number of amides is 2. The molecule has 4 aliphatic rings. The molecule has 2 amide bonds. The van der Waals surface area contributed by atoms with Gasteiger partial charge in [0, 0.05) is 29.8 Å². The van der Waals surface area contributed by atoms with Gasteiger partial charge in [0.15, 0.2) is 0 Å². The van der Waals surface area contributed by atoms with Gasteiger partial charge in [-0.05, 0) is 52.8 Å². The minimum Gasteiger partial charge on any atom is -0.481 e. The van der Waals surface area contributed by atoms with Crippen molar-refractivity contribution in [3.05, 3.63) is 89.5 Å². The Kier molecular flexibility index (Phi) is 5.06. The van der Waals surface area contributed by atoms with Crippen LogP contribution in [-0.4, -0.2) is 47.2 Å². The summed E-state index contributed by atoms with van der Waals surface area (Å²) in [5, 5.41) is 12.1. The lowest BCUT2D eigenvalue weighted by molar-refractivity contribution is -0.147. The summed E-state index contributed by atoms with van der Waals surface area (Å²) in [6, 6.07) is 22.7. The zero-order valence-corrected chi connectivity index (χ0v) is 18.9. The summed E-state index contributed by atoms with van der Waals surface area (Å²) in [6.45, 7) is 0.663. The number of ether oxygens (including phenoxy) is 1. The van der Waals surface area contributed by atoms with E-state index in [9.17, 15) is 19.5 Å². The van der Waals surface area contributed by atoms with Gasteiger partial charge >= 0.3 is 12.1 Å². The molecule has 3 unspecified atom stereocenters. The third kappa shape index (κ3) is 3.55. The third-order valence-electron chi connectivity index (χ3n) is 7.54. The van der Waals surface area contributed by atoms with Gasteiger partial charge in [-0.15, -0.1) is 0 Å². The molecule has 7 heteroatoms. The lowest BCUT2D eigenvalue weighted by Crippen LogP contribution is -2.45. The molecule has 2 heterocycles. The Labute approximate surface area is 202 Å². The van der Waals surface area contributed by atoms with Gasteiger partial charge in [-0.3, -0.25) is 14.9 Å². The van der Waals surface area contributed by atoms with Gasteiger partial charge in [-0.25, -0.2) is 4.79 Å². The molecule has 3 atom stereocenters. The summed E-state index contributed by atoms with van der Waals surface area (Å²) in [5.41, 5.74) is 5.46. The highest BCUT2D eigenvalue weighted by Gasteiger charge is 2.57. The number of fused-ring (bicyclic) bond motifs is 4.